The first-order chi connectivity index (χ1) is 13.4. The molecule has 8 nitrogen and oxygen atoms in total. The summed E-state index contributed by atoms with van der Waals surface area (Å²) in [6.07, 6.45) is 1.55. The molecule has 2 aromatic rings. The Balaban J connectivity index is 2.09. The molecule has 0 bridgehead atoms. The molecule has 0 saturated heterocycles. The average Bonchev–Trinajstić information content (AvgIpc) is 2.67. The van der Waals surface area contributed by atoms with Crippen molar-refractivity contribution in [2.75, 3.05) is 13.7 Å². The van der Waals surface area contributed by atoms with Crippen molar-refractivity contribution in [1.29, 1.82) is 0 Å². The minimum absolute atomic E-state index is 0.0187. The van der Waals surface area contributed by atoms with Gasteiger partial charge in [-0.15, -0.1) is 0 Å². The maximum absolute atomic E-state index is 10.7. The van der Waals surface area contributed by atoms with Gasteiger partial charge in [0.2, 0.25) is 0 Å². The summed E-state index contributed by atoms with van der Waals surface area (Å²) >= 11 is 11.3. The van der Waals surface area contributed by atoms with Crippen LogP contribution < -0.4 is 20.2 Å². The molecule has 0 aliphatic heterocycles. The Labute approximate surface area is 172 Å². The number of hydrazone groups is 1. The number of halogens is 1. The SMILES string of the molecule is CCNC(=S)N/N=C\c1cc(Cl)c(OCc2ccc([N+](=O)[O-])cc2)c(OC)c1. The van der Waals surface area contributed by atoms with Crippen LogP contribution in [0.15, 0.2) is 41.5 Å². The number of nitro benzene ring substituents is 1. The quantitative estimate of drug-likeness (QED) is 0.290. The highest BCUT2D eigenvalue weighted by molar-refractivity contribution is 7.80. The van der Waals surface area contributed by atoms with E-state index in [1.807, 2.05) is 6.92 Å². The fraction of sp³-hybridized carbons (Fsp3) is 0.222. The van der Waals surface area contributed by atoms with Crippen LogP contribution in [0.4, 0.5) is 5.69 Å². The van der Waals surface area contributed by atoms with Gasteiger partial charge in [-0.05, 0) is 54.5 Å². The van der Waals surface area contributed by atoms with Gasteiger partial charge in [-0.2, -0.15) is 5.10 Å². The summed E-state index contributed by atoms with van der Waals surface area (Å²) in [7, 11) is 1.50. The maximum atomic E-state index is 10.7. The zero-order chi connectivity index (χ0) is 20.5. The fourth-order valence-corrected chi connectivity index (χ4v) is 2.66. The Kier molecular flexibility index (Phi) is 7.97. The predicted molar refractivity (Wildman–Crippen MR) is 112 cm³/mol. The van der Waals surface area contributed by atoms with Crippen molar-refractivity contribution in [2.24, 2.45) is 5.10 Å². The molecule has 2 aromatic carbocycles. The van der Waals surface area contributed by atoms with Gasteiger partial charge in [0.1, 0.15) is 6.61 Å². The molecule has 0 aliphatic carbocycles. The van der Waals surface area contributed by atoms with Crippen molar-refractivity contribution in [2.45, 2.75) is 13.5 Å². The molecule has 0 saturated carbocycles. The molecule has 0 aliphatic rings. The molecule has 0 spiro atoms. The van der Waals surface area contributed by atoms with E-state index < -0.39 is 4.92 Å². The Morgan fingerprint density at radius 3 is 2.68 bits per heavy atom. The molecular formula is C18H19ClN4O4S. The van der Waals surface area contributed by atoms with Crippen LogP contribution in [-0.4, -0.2) is 29.9 Å². The molecule has 0 amide bonds. The molecule has 2 rings (SSSR count). The van der Waals surface area contributed by atoms with E-state index >= 15 is 0 Å². The van der Waals surface area contributed by atoms with Crippen LogP contribution in [0.3, 0.4) is 0 Å². The normalized spacial score (nSPS) is 10.5. The first-order valence-corrected chi connectivity index (χ1v) is 9.03. The van der Waals surface area contributed by atoms with E-state index in [0.717, 1.165) is 5.56 Å². The number of nitro groups is 1. The average molecular weight is 423 g/mol. The van der Waals surface area contributed by atoms with Crippen molar-refractivity contribution < 1.29 is 14.4 Å². The lowest BCUT2D eigenvalue weighted by atomic mass is 10.2. The number of ether oxygens (including phenoxy) is 2. The minimum atomic E-state index is -0.454. The molecule has 0 unspecified atom stereocenters. The largest absolute Gasteiger partial charge is 0.493 e. The Bertz CT molecular complexity index is 875. The molecule has 0 fully saturated rings. The van der Waals surface area contributed by atoms with Gasteiger partial charge in [-0.25, -0.2) is 0 Å². The number of hydrogen-bond acceptors (Lipinski definition) is 6. The van der Waals surface area contributed by atoms with Gasteiger partial charge in [-0.3, -0.25) is 15.5 Å². The topological polar surface area (TPSA) is 98.0 Å². The van der Waals surface area contributed by atoms with E-state index in [-0.39, 0.29) is 12.3 Å². The van der Waals surface area contributed by atoms with Crippen molar-refractivity contribution in [3.63, 3.8) is 0 Å². The van der Waals surface area contributed by atoms with Crippen LogP contribution in [0.2, 0.25) is 5.02 Å². The molecule has 28 heavy (non-hydrogen) atoms. The molecular weight excluding hydrogens is 404 g/mol. The second kappa shape index (κ2) is 10.4. The van der Waals surface area contributed by atoms with Crippen molar-refractivity contribution in [1.82, 2.24) is 10.7 Å². The van der Waals surface area contributed by atoms with Crippen molar-refractivity contribution in [3.8, 4) is 11.5 Å². The molecule has 0 aromatic heterocycles. The van der Waals surface area contributed by atoms with Gasteiger partial charge in [-0.1, -0.05) is 11.6 Å². The maximum Gasteiger partial charge on any atom is 0.269 e. The van der Waals surface area contributed by atoms with Crippen LogP contribution in [0, 0.1) is 10.1 Å². The summed E-state index contributed by atoms with van der Waals surface area (Å²) in [5.41, 5.74) is 4.16. The zero-order valence-electron chi connectivity index (χ0n) is 15.3. The summed E-state index contributed by atoms with van der Waals surface area (Å²) in [5.74, 6) is 0.806. The van der Waals surface area contributed by atoms with E-state index in [1.54, 1.807) is 30.5 Å². The third-order valence-electron chi connectivity index (χ3n) is 3.50. The monoisotopic (exact) mass is 422 g/mol. The highest BCUT2D eigenvalue weighted by Gasteiger charge is 2.12. The predicted octanol–water partition coefficient (Wildman–Crippen LogP) is 3.65. The van der Waals surface area contributed by atoms with E-state index in [2.05, 4.69) is 15.8 Å². The molecule has 148 valence electrons. The second-order valence-electron chi connectivity index (χ2n) is 5.48. The molecule has 2 N–H and O–H groups in total. The first-order valence-electron chi connectivity index (χ1n) is 8.25. The zero-order valence-corrected chi connectivity index (χ0v) is 16.8. The van der Waals surface area contributed by atoms with Crippen LogP contribution >= 0.6 is 23.8 Å². The van der Waals surface area contributed by atoms with Gasteiger partial charge in [0.15, 0.2) is 16.6 Å². The van der Waals surface area contributed by atoms with Gasteiger partial charge in [0.05, 0.1) is 23.3 Å². The highest BCUT2D eigenvalue weighted by Crippen LogP contribution is 2.36. The summed E-state index contributed by atoms with van der Waals surface area (Å²) in [6.45, 7) is 2.81. The summed E-state index contributed by atoms with van der Waals surface area (Å²) in [6, 6.07) is 9.48. The van der Waals surface area contributed by atoms with Gasteiger partial charge >= 0.3 is 0 Å². The lowest BCUT2D eigenvalue weighted by molar-refractivity contribution is -0.384. The van der Waals surface area contributed by atoms with Crippen LogP contribution in [0.25, 0.3) is 0 Å². The van der Waals surface area contributed by atoms with Gasteiger partial charge in [0, 0.05) is 18.7 Å². The third kappa shape index (κ3) is 6.07. The van der Waals surface area contributed by atoms with Crippen LogP contribution in [0.5, 0.6) is 11.5 Å². The summed E-state index contributed by atoms with van der Waals surface area (Å²) in [5, 5.41) is 18.4. The molecule has 0 radical (unpaired) electrons. The Morgan fingerprint density at radius 2 is 2.07 bits per heavy atom. The van der Waals surface area contributed by atoms with Crippen molar-refractivity contribution >= 4 is 40.8 Å². The van der Waals surface area contributed by atoms with Gasteiger partial charge in [0.25, 0.3) is 5.69 Å². The van der Waals surface area contributed by atoms with E-state index in [4.69, 9.17) is 33.3 Å². The molecule has 0 heterocycles. The summed E-state index contributed by atoms with van der Waals surface area (Å²) in [4.78, 5) is 10.3. The molecule has 10 heteroatoms. The smallest absolute Gasteiger partial charge is 0.269 e. The van der Waals surface area contributed by atoms with E-state index in [0.29, 0.717) is 33.7 Å². The lowest BCUT2D eigenvalue weighted by Gasteiger charge is -2.13. The number of hydrogen-bond donors (Lipinski definition) is 2. The number of benzene rings is 2. The second-order valence-corrected chi connectivity index (χ2v) is 6.29. The van der Waals surface area contributed by atoms with Crippen LogP contribution in [0.1, 0.15) is 18.1 Å². The van der Waals surface area contributed by atoms with E-state index in [1.165, 1.54) is 19.2 Å². The lowest BCUT2D eigenvalue weighted by Crippen LogP contribution is -2.31. The van der Waals surface area contributed by atoms with Crippen LogP contribution in [-0.2, 0) is 6.61 Å². The van der Waals surface area contributed by atoms with Gasteiger partial charge < -0.3 is 14.8 Å². The fourth-order valence-electron chi connectivity index (χ4n) is 2.19. The number of thiocarbonyl (C=S) groups is 1. The Morgan fingerprint density at radius 1 is 1.36 bits per heavy atom. The molecule has 0 atom stereocenters. The highest BCUT2D eigenvalue weighted by atomic mass is 35.5. The summed E-state index contributed by atoms with van der Waals surface area (Å²) < 4.78 is 11.1. The minimum Gasteiger partial charge on any atom is -0.493 e. The number of nitrogens with zero attached hydrogens (tertiary/aromatic N) is 2. The van der Waals surface area contributed by atoms with E-state index in [9.17, 15) is 10.1 Å². The third-order valence-corrected chi connectivity index (χ3v) is 4.02. The van der Waals surface area contributed by atoms with Crippen molar-refractivity contribution in [3.05, 3.63) is 62.7 Å². The first kappa shape index (κ1) is 21.4. The standard InChI is InChI=1S/C18H19ClN4O4S/c1-3-20-18(28)22-21-10-13-8-15(19)17(16(9-13)26-2)27-11-12-4-6-14(7-5-12)23(24)25/h4-10H,3,11H2,1-2H3,(H2,20,22,28)/b21-10-. The number of non-ortho nitro benzene ring substituents is 1. The number of methoxy groups -OCH3 is 1. The number of rotatable bonds is 8. The Hall–Kier alpha value is -2.91. The number of nitrogens with one attached hydrogen (secondary N) is 2.